The quantitative estimate of drug-likeness (QED) is 0.683. The Morgan fingerprint density at radius 2 is 1.53 bits per heavy atom. The van der Waals surface area contributed by atoms with E-state index in [0.717, 1.165) is 26.4 Å². The first kappa shape index (κ1) is 16.9. The summed E-state index contributed by atoms with van der Waals surface area (Å²) in [6, 6.07) is 0. The van der Waals surface area contributed by atoms with Crippen molar-refractivity contribution in [1.29, 1.82) is 0 Å². The lowest BCUT2D eigenvalue weighted by atomic mass is 9.98. The van der Waals surface area contributed by atoms with Crippen molar-refractivity contribution in [2.45, 2.75) is 58.3 Å². The molecule has 0 aromatic carbocycles. The molecule has 1 aliphatic heterocycles. The van der Waals surface area contributed by atoms with Crippen molar-refractivity contribution in [1.82, 2.24) is 0 Å². The van der Waals surface area contributed by atoms with E-state index in [1.807, 2.05) is 27.7 Å². The monoisotopic (exact) mass is 266 g/mol. The molecule has 4 atom stereocenters. The summed E-state index contributed by atoms with van der Waals surface area (Å²) >= 11 is 0. The highest BCUT2D eigenvalue weighted by molar-refractivity contribution is 7.87. The van der Waals surface area contributed by atoms with Crippen LogP contribution in [-0.4, -0.2) is 32.0 Å². The molecule has 0 aromatic rings. The molecule has 0 radical (unpaired) electrons. The molecule has 5 heteroatoms. The van der Waals surface area contributed by atoms with Crippen molar-refractivity contribution in [3.05, 3.63) is 0 Å². The zero-order chi connectivity index (χ0) is 13.6. The SMILES string of the molecule is CC.CC.CO.O=S1(=O)OC2CC3CC2C1C3. The fraction of sp³-hybridized carbons (Fsp3) is 1.00. The zero-order valence-electron chi connectivity index (χ0n) is 11.5. The molecule has 0 spiro atoms. The second-order valence-electron chi connectivity index (χ2n) is 3.90. The van der Waals surface area contributed by atoms with E-state index in [1.54, 1.807) is 0 Å². The molecule has 1 N–H and O–H groups in total. The molecule has 4 nitrogen and oxygen atoms in total. The number of hydrogen-bond donors (Lipinski definition) is 1. The van der Waals surface area contributed by atoms with Gasteiger partial charge in [0.15, 0.2) is 0 Å². The van der Waals surface area contributed by atoms with Crippen molar-refractivity contribution in [2.75, 3.05) is 7.11 Å². The minimum Gasteiger partial charge on any atom is -0.400 e. The molecule has 2 bridgehead atoms. The van der Waals surface area contributed by atoms with Gasteiger partial charge in [0.2, 0.25) is 0 Å². The average molecular weight is 266 g/mol. The van der Waals surface area contributed by atoms with E-state index in [4.69, 9.17) is 9.29 Å². The molecule has 17 heavy (non-hydrogen) atoms. The summed E-state index contributed by atoms with van der Waals surface area (Å²) in [6.45, 7) is 8.00. The molecule has 3 fully saturated rings. The summed E-state index contributed by atoms with van der Waals surface area (Å²) in [4.78, 5) is 0. The smallest absolute Gasteiger partial charge is 0.270 e. The lowest BCUT2D eigenvalue weighted by Gasteiger charge is -2.11. The van der Waals surface area contributed by atoms with Crippen LogP contribution < -0.4 is 0 Å². The van der Waals surface area contributed by atoms with Crippen LogP contribution in [0.4, 0.5) is 0 Å². The van der Waals surface area contributed by atoms with E-state index in [9.17, 15) is 8.42 Å². The largest absolute Gasteiger partial charge is 0.400 e. The first-order chi connectivity index (χ1) is 8.17. The van der Waals surface area contributed by atoms with Gasteiger partial charge in [-0.3, -0.25) is 4.18 Å². The molecule has 1 heterocycles. The van der Waals surface area contributed by atoms with Crippen LogP contribution in [0.3, 0.4) is 0 Å². The minimum absolute atomic E-state index is 0.0590. The number of fused-ring (bicyclic) bond motifs is 1. The maximum Gasteiger partial charge on any atom is 0.270 e. The highest BCUT2D eigenvalue weighted by atomic mass is 32.2. The van der Waals surface area contributed by atoms with Crippen LogP contribution >= 0.6 is 0 Å². The van der Waals surface area contributed by atoms with E-state index >= 15 is 0 Å². The van der Waals surface area contributed by atoms with E-state index in [1.165, 1.54) is 0 Å². The summed E-state index contributed by atoms with van der Waals surface area (Å²) < 4.78 is 27.5. The molecule has 0 aromatic heterocycles. The van der Waals surface area contributed by atoms with Gasteiger partial charge in [-0.05, 0) is 25.2 Å². The van der Waals surface area contributed by atoms with Crippen molar-refractivity contribution in [3.8, 4) is 0 Å². The first-order valence-electron chi connectivity index (χ1n) is 6.53. The summed E-state index contributed by atoms with van der Waals surface area (Å²) in [5, 5.41) is 6.87. The van der Waals surface area contributed by atoms with Crippen LogP contribution in [0.5, 0.6) is 0 Å². The maximum atomic E-state index is 11.3. The van der Waals surface area contributed by atoms with Gasteiger partial charge in [-0.1, -0.05) is 27.7 Å². The Bertz CT molecular complexity index is 298. The summed E-state index contributed by atoms with van der Waals surface area (Å²) in [7, 11) is -2.13. The van der Waals surface area contributed by atoms with Gasteiger partial charge < -0.3 is 5.11 Å². The molecule has 1 saturated heterocycles. The summed E-state index contributed by atoms with van der Waals surface area (Å²) in [5.41, 5.74) is 0. The molecule has 104 valence electrons. The molecule has 2 saturated carbocycles. The zero-order valence-corrected chi connectivity index (χ0v) is 12.3. The Hall–Kier alpha value is -0.130. The van der Waals surface area contributed by atoms with E-state index in [2.05, 4.69) is 0 Å². The Morgan fingerprint density at radius 3 is 1.88 bits per heavy atom. The van der Waals surface area contributed by atoms with Crippen LogP contribution in [0.25, 0.3) is 0 Å². The summed E-state index contributed by atoms with van der Waals surface area (Å²) in [5.74, 6) is 0.997. The fourth-order valence-electron chi connectivity index (χ4n) is 2.91. The van der Waals surface area contributed by atoms with E-state index in [0.29, 0.717) is 11.8 Å². The lowest BCUT2D eigenvalue weighted by molar-refractivity contribution is 0.196. The van der Waals surface area contributed by atoms with Gasteiger partial charge in [-0.15, -0.1) is 0 Å². The average Bonchev–Trinajstić information content (AvgIpc) is 2.98. The predicted octanol–water partition coefficient (Wildman–Crippen LogP) is 2.17. The van der Waals surface area contributed by atoms with Gasteiger partial charge in [0.05, 0.1) is 11.4 Å². The van der Waals surface area contributed by atoms with Gasteiger partial charge in [-0.2, -0.15) is 8.42 Å². The van der Waals surface area contributed by atoms with Crippen LogP contribution in [0.1, 0.15) is 47.0 Å². The highest BCUT2D eigenvalue weighted by Gasteiger charge is 2.59. The van der Waals surface area contributed by atoms with E-state index in [-0.39, 0.29) is 11.4 Å². The van der Waals surface area contributed by atoms with Crippen molar-refractivity contribution in [3.63, 3.8) is 0 Å². The van der Waals surface area contributed by atoms with E-state index < -0.39 is 10.1 Å². The molecular formula is C12H26O4S. The Balaban J connectivity index is 0.000000379. The van der Waals surface area contributed by atoms with Gasteiger partial charge in [0.25, 0.3) is 10.1 Å². The minimum atomic E-state index is -3.13. The number of aliphatic hydroxyl groups excluding tert-OH is 1. The standard InChI is InChI=1S/C7H10O3S.2C2H6.CH4O/c8-11(9)7-3-4-1-5(7)6(2-4)10-11;3*1-2/h4-7H,1-3H2;2*1-2H3;2H,1H3. The van der Waals surface area contributed by atoms with Crippen LogP contribution in [-0.2, 0) is 14.3 Å². The molecule has 3 aliphatic rings. The fourth-order valence-corrected chi connectivity index (χ4v) is 4.84. The number of hydrogen-bond acceptors (Lipinski definition) is 4. The van der Waals surface area contributed by atoms with Crippen LogP contribution in [0.2, 0.25) is 0 Å². The third kappa shape index (κ3) is 3.20. The normalized spacial score (nSPS) is 38.0. The van der Waals surface area contributed by atoms with Crippen LogP contribution in [0.15, 0.2) is 0 Å². The predicted molar refractivity (Wildman–Crippen MR) is 69.3 cm³/mol. The molecule has 2 aliphatic carbocycles. The molecule has 0 amide bonds. The Morgan fingerprint density at radius 1 is 1.00 bits per heavy atom. The summed E-state index contributed by atoms with van der Waals surface area (Å²) in [6.07, 6.45) is 3.00. The Kier molecular flexibility index (Phi) is 7.28. The second kappa shape index (κ2) is 7.34. The first-order valence-corrected chi connectivity index (χ1v) is 8.01. The van der Waals surface area contributed by atoms with Gasteiger partial charge in [-0.25, -0.2) is 0 Å². The topological polar surface area (TPSA) is 63.6 Å². The van der Waals surface area contributed by atoms with Crippen molar-refractivity contribution >= 4 is 10.1 Å². The Labute approximate surface area is 105 Å². The third-order valence-electron chi connectivity index (χ3n) is 3.32. The van der Waals surface area contributed by atoms with Gasteiger partial charge in [0, 0.05) is 13.0 Å². The molecule has 4 unspecified atom stereocenters. The van der Waals surface area contributed by atoms with Crippen molar-refractivity contribution < 1.29 is 17.7 Å². The third-order valence-corrected chi connectivity index (χ3v) is 5.12. The maximum absolute atomic E-state index is 11.3. The highest BCUT2D eigenvalue weighted by Crippen LogP contribution is 2.54. The lowest BCUT2D eigenvalue weighted by Crippen LogP contribution is -2.21. The second-order valence-corrected chi connectivity index (χ2v) is 5.69. The van der Waals surface area contributed by atoms with Crippen LogP contribution in [0, 0.1) is 11.8 Å². The van der Waals surface area contributed by atoms with Gasteiger partial charge in [0.1, 0.15) is 0 Å². The molecular weight excluding hydrogens is 240 g/mol. The molecule has 3 rings (SSSR count). The van der Waals surface area contributed by atoms with Gasteiger partial charge >= 0.3 is 0 Å². The number of rotatable bonds is 0. The number of aliphatic hydroxyl groups is 1. The van der Waals surface area contributed by atoms with Crippen molar-refractivity contribution in [2.24, 2.45) is 11.8 Å².